The largest absolute Gasteiger partial charge is 0.341 e. The average Bonchev–Trinajstić information content (AvgIpc) is 3.06. The van der Waals surface area contributed by atoms with Crippen LogP contribution in [0.15, 0.2) is 35.8 Å². The number of nitrogens with zero attached hydrogens (tertiary/aromatic N) is 2. The summed E-state index contributed by atoms with van der Waals surface area (Å²) in [5.41, 5.74) is 3.93. The molecule has 0 aliphatic carbocycles. The molecule has 0 aliphatic heterocycles. The highest BCUT2D eigenvalue weighted by molar-refractivity contribution is 7.09. The van der Waals surface area contributed by atoms with Crippen LogP contribution in [0.2, 0.25) is 0 Å². The predicted octanol–water partition coefficient (Wildman–Crippen LogP) is 4.83. The van der Waals surface area contributed by atoms with Crippen LogP contribution in [0.5, 0.6) is 0 Å². The third-order valence-corrected chi connectivity index (χ3v) is 4.84. The zero-order valence-electron chi connectivity index (χ0n) is 12.3. The third-order valence-electron chi connectivity index (χ3n) is 3.65. The van der Waals surface area contributed by atoms with Crippen LogP contribution in [0.25, 0.3) is 10.9 Å². The molecule has 2 nitrogen and oxygen atoms in total. The summed E-state index contributed by atoms with van der Waals surface area (Å²) in [6, 6.07) is 8.75. The molecule has 0 bridgehead atoms. The molecule has 0 saturated carbocycles. The monoisotopic (exact) mass is 284 g/mol. The Morgan fingerprint density at radius 3 is 2.80 bits per heavy atom. The maximum Gasteiger partial charge on any atom is 0.0954 e. The van der Waals surface area contributed by atoms with E-state index in [-0.39, 0.29) is 0 Å². The van der Waals surface area contributed by atoms with Crippen molar-refractivity contribution in [3.05, 3.63) is 52.1 Å². The van der Waals surface area contributed by atoms with Crippen molar-refractivity contribution in [2.75, 3.05) is 0 Å². The van der Waals surface area contributed by atoms with E-state index in [4.69, 9.17) is 4.98 Å². The van der Waals surface area contributed by atoms with Gasteiger partial charge in [0.05, 0.1) is 22.8 Å². The van der Waals surface area contributed by atoms with E-state index in [0.717, 1.165) is 13.0 Å². The zero-order chi connectivity index (χ0) is 14.1. The molecule has 0 aliphatic rings. The van der Waals surface area contributed by atoms with Gasteiger partial charge in [0.25, 0.3) is 0 Å². The van der Waals surface area contributed by atoms with Crippen molar-refractivity contribution in [1.29, 1.82) is 0 Å². The zero-order valence-corrected chi connectivity index (χ0v) is 13.1. The van der Waals surface area contributed by atoms with Gasteiger partial charge >= 0.3 is 0 Å². The molecular weight excluding hydrogens is 264 g/mol. The van der Waals surface area contributed by atoms with E-state index in [1.807, 2.05) is 0 Å². The Morgan fingerprint density at radius 2 is 2.10 bits per heavy atom. The average molecular weight is 284 g/mol. The molecule has 20 heavy (non-hydrogen) atoms. The SMILES string of the molecule is CCc1cccc2ccn(Cc3csc(C(C)C)n3)c12. The lowest BCUT2D eigenvalue weighted by molar-refractivity contribution is 0.785. The number of hydrogen-bond donors (Lipinski definition) is 0. The second-order valence-corrected chi connectivity index (χ2v) is 6.37. The summed E-state index contributed by atoms with van der Waals surface area (Å²) in [7, 11) is 0. The second kappa shape index (κ2) is 5.41. The van der Waals surface area contributed by atoms with Crippen molar-refractivity contribution in [3.8, 4) is 0 Å². The topological polar surface area (TPSA) is 17.8 Å². The first kappa shape index (κ1) is 13.4. The Morgan fingerprint density at radius 1 is 1.25 bits per heavy atom. The summed E-state index contributed by atoms with van der Waals surface area (Å²) in [5, 5.41) is 4.74. The fourth-order valence-electron chi connectivity index (χ4n) is 2.59. The van der Waals surface area contributed by atoms with Crippen LogP contribution in [0.4, 0.5) is 0 Å². The molecule has 0 atom stereocenters. The van der Waals surface area contributed by atoms with Gasteiger partial charge in [-0.3, -0.25) is 0 Å². The smallest absolute Gasteiger partial charge is 0.0954 e. The van der Waals surface area contributed by atoms with Crippen LogP contribution in [0.3, 0.4) is 0 Å². The van der Waals surface area contributed by atoms with Crippen LogP contribution < -0.4 is 0 Å². The van der Waals surface area contributed by atoms with Crippen LogP contribution in [0, 0.1) is 0 Å². The molecule has 3 rings (SSSR count). The van der Waals surface area contributed by atoms with E-state index in [1.165, 1.54) is 27.2 Å². The van der Waals surface area contributed by atoms with Gasteiger partial charge in [0.15, 0.2) is 0 Å². The lowest BCUT2D eigenvalue weighted by atomic mass is 10.1. The van der Waals surface area contributed by atoms with Gasteiger partial charge in [-0.05, 0) is 23.4 Å². The van der Waals surface area contributed by atoms with Gasteiger partial charge in [0.2, 0.25) is 0 Å². The van der Waals surface area contributed by atoms with Gasteiger partial charge in [-0.15, -0.1) is 11.3 Å². The number of thiazole rings is 1. The van der Waals surface area contributed by atoms with Gasteiger partial charge in [-0.25, -0.2) is 4.98 Å². The molecule has 0 saturated heterocycles. The van der Waals surface area contributed by atoms with E-state index in [0.29, 0.717) is 5.92 Å². The maximum absolute atomic E-state index is 4.74. The van der Waals surface area contributed by atoms with Gasteiger partial charge < -0.3 is 4.57 Å². The summed E-state index contributed by atoms with van der Waals surface area (Å²) < 4.78 is 2.33. The first-order chi connectivity index (χ1) is 9.69. The molecule has 3 heteroatoms. The fraction of sp³-hybridized carbons (Fsp3) is 0.353. The number of fused-ring (bicyclic) bond motifs is 1. The molecule has 0 fully saturated rings. The Balaban J connectivity index is 1.97. The first-order valence-electron chi connectivity index (χ1n) is 7.20. The van der Waals surface area contributed by atoms with Crippen molar-refractivity contribution in [3.63, 3.8) is 0 Å². The minimum Gasteiger partial charge on any atom is -0.341 e. The van der Waals surface area contributed by atoms with Crippen molar-refractivity contribution in [1.82, 2.24) is 9.55 Å². The molecular formula is C17H20N2S. The number of rotatable bonds is 4. The molecule has 2 aromatic heterocycles. The van der Waals surface area contributed by atoms with Gasteiger partial charge in [0.1, 0.15) is 0 Å². The summed E-state index contributed by atoms with van der Waals surface area (Å²) in [4.78, 5) is 4.74. The highest BCUT2D eigenvalue weighted by Gasteiger charge is 2.09. The van der Waals surface area contributed by atoms with Crippen molar-refractivity contribution in [2.24, 2.45) is 0 Å². The minimum atomic E-state index is 0.515. The quantitative estimate of drug-likeness (QED) is 0.671. The molecule has 3 aromatic rings. The summed E-state index contributed by atoms with van der Waals surface area (Å²) in [5.74, 6) is 0.515. The van der Waals surface area contributed by atoms with Crippen molar-refractivity contribution < 1.29 is 0 Å². The van der Waals surface area contributed by atoms with Crippen molar-refractivity contribution in [2.45, 2.75) is 39.7 Å². The number of benzene rings is 1. The molecule has 0 N–H and O–H groups in total. The normalized spacial score (nSPS) is 11.6. The van der Waals surface area contributed by atoms with Gasteiger partial charge in [0, 0.05) is 17.5 Å². The summed E-state index contributed by atoms with van der Waals surface area (Å²) >= 11 is 1.77. The summed E-state index contributed by atoms with van der Waals surface area (Å²) in [6.45, 7) is 7.47. The Hall–Kier alpha value is -1.61. The van der Waals surface area contributed by atoms with E-state index < -0.39 is 0 Å². The number of para-hydroxylation sites is 1. The van der Waals surface area contributed by atoms with E-state index in [1.54, 1.807) is 11.3 Å². The van der Waals surface area contributed by atoms with E-state index >= 15 is 0 Å². The molecule has 0 spiro atoms. The lowest BCUT2D eigenvalue weighted by Gasteiger charge is -2.07. The predicted molar refractivity (Wildman–Crippen MR) is 86.6 cm³/mol. The molecule has 0 unspecified atom stereocenters. The third kappa shape index (κ3) is 2.38. The maximum atomic E-state index is 4.74. The van der Waals surface area contributed by atoms with Crippen LogP contribution in [-0.4, -0.2) is 9.55 Å². The second-order valence-electron chi connectivity index (χ2n) is 5.48. The fourth-order valence-corrected chi connectivity index (χ4v) is 3.42. The van der Waals surface area contributed by atoms with Gasteiger partial charge in [-0.2, -0.15) is 0 Å². The van der Waals surface area contributed by atoms with Crippen LogP contribution in [-0.2, 0) is 13.0 Å². The number of hydrogen-bond acceptors (Lipinski definition) is 2. The number of aromatic nitrogens is 2. The van der Waals surface area contributed by atoms with E-state index in [9.17, 15) is 0 Å². The summed E-state index contributed by atoms with van der Waals surface area (Å²) in [6.07, 6.45) is 3.24. The van der Waals surface area contributed by atoms with E-state index in [2.05, 4.69) is 61.2 Å². The highest BCUT2D eigenvalue weighted by atomic mass is 32.1. The number of aryl methyl sites for hydroxylation is 1. The standard InChI is InChI=1S/C17H20N2S/c1-4-13-6-5-7-14-8-9-19(16(13)14)10-15-11-20-17(18-15)12(2)3/h5-9,11-12H,4,10H2,1-3H3. The van der Waals surface area contributed by atoms with Crippen LogP contribution >= 0.6 is 11.3 Å². The Bertz CT molecular complexity index is 722. The molecule has 1 aromatic carbocycles. The Kier molecular flexibility index (Phi) is 3.62. The van der Waals surface area contributed by atoms with Gasteiger partial charge in [-0.1, -0.05) is 39.0 Å². The molecule has 0 radical (unpaired) electrons. The molecule has 0 amide bonds. The first-order valence-corrected chi connectivity index (χ1v) is 8.08. The van der Waals surface area contributed by atoms with Crippen molar-refractivity contribution >= 4 is 22.2 Å². The molecule has 104 valence electrons. The lowest BCUT2D eigenvalue weighted by Crippen LogP contribution is -2.00. The minimum absolute atomic E-state index is 0.515. The molecule has 2 heterocycles. The van der Waals surface area contributed by atoms with Crippen LogP contribution in [0.1, 0.15) is 43.0 Å². The highest BCUT2D eigenvalue weighted by Crippen LogP contribution is 2.24. The Labute approximate surface area is 124 Å².